The van der Waals surface area contributed by atoms with Crippen LogP contribution in [0.3, 0.4) is 0 Å². The third-order valence-corrected chi connectivity index (χ3v) is 3.79. The van der Waals surface area contributed by atoms with Crippen LogP contribution >= 0.6 is 11.8 Å². The van der Waals surface area contributed by atoms with Gasteiger partial charge in [0.05, 0.1) is 12.1 Å². The first kappa shape index (κ1) is 17.0. The van der Waals surface area contributed by atoms with Gasteiger partial charge in [-0.3, -0.25) is 9.59 Å². The van der Waals surface area contributed by atoms with Crippen molar-refractivity contribution in [1.82, 2.24) is 15.3 Å². The number of amides is 1. The Labute approximate surface area is 137 Å². The van der Waals surface area contributed by atoms with Gasteiger partial charge in [0.2, 0.25) is 5.91 Å². The first-order chi connectivity index (χ1) is 11.1. The van der Waals surface area contributed by atoms with Crippen LogP contribution in [-0.2, 0) is 17.0 Å². The number of thioether (sulfide) groups is 1. The van der Waals surface area contributed by atoms with Gasteiger partial charge in [-0.05, 0) is 17.7 Å². The molecule has 0 aliphatic carbocycles. The fraction of sp³-hybridized carbons (Fsp3) is 0.188. The molecule has 5 nitrogen and oxygen atoms in total. The quantitative estimate of drug-likeness (QED) is 0.462. The fourth-order valence-corrected chi connectivity index (χ4v) is 2.64. The number of rotatable bonds is 7. The van der Waals surface area contributed by atoms with Crippen LogP contribution in [0.5, 0.6) is 0 Å². The summed E-state index contributed by atoms with van der Waals surface area (Å²) in [7, 11) is 0. The third kappa shape index (κ3) is 5.71. The van der Waals surface area contributed by atoms with Gasteiger partial charge in [0.1, 0.15) is 5.82 Å². The second-order valence-electron chi connectivity index (χ2n) is 4.73. The number of hydrogen-bond donors (Lipinski definition) is 2. The van der Waals surface area contributed by atoms with Crippen molar-refractivity contribution in [3.63, 3.8) is 0 Å². The van der Waals surface area contributed by atoms with E-state index in [1.54, 1.807) is 18.2 Å². The molecule has 0 unspecified atom stereocenters. The van der Waals surface area contributed by atoms with Gasteiger partial charge in [0, 0.05) is 18.4 Å². The smallest absolute Gasteiger partial charge is 0.251 e. The Morgan fingerprint density at radius 3 is 2.83 bits per heavy atom. The number of H-pyrrole nitrogens is 1. The Morgan fingerprint density at radius 2 is 2.13 bits per heavy atom. The molecule has 0 atom stereocenters. The number of carbonyl (C=O) groups excluding carboxylic acids is 1. The minimum Gasteiger partial charge on any atom is -0.352 e. The number of halogens is 1. The van der Waals surface area contributed by atoms with Crippen molar-refractivity contribution >= 4 is 17.7 Å². The molecule has 0 spiro atoms. The van der Waals surface area contributed by atoms with Crippen LogP contribution in [0.2, 0.25) is 0 Å². The third-order valence-electron chi connectivity index (χ3n) is 2.85. The lowest BCUT2D eigenvalue weighted by Gasteiger charge is -2.05. The molecule has 0 fully saturated rings. The van der Waals surface area contributed by atoms with Gasteiger partial charge in [-0.15, -0.1) is 6.58 Å². The summed E-state index contributed by atoms with van der Waals surface area (Å²) in [6, 6.07) is 7.41. The Kier molecular flexibility index (Phi) is 6.10. The highest BCUT2D eigenvalue weighted by Crippen LogP contribution is 2.18. The molecule has 0 saturated carbocycles. The molecule has 1 aromatic heterocycles. The molecule has 120 valence electrons. The number of carbonyl (C=O) groups is 1. The standard InChI is InChI=1S/C16H16FN3O2S/c1-2-7-18-14(21)8-13-9-15(22)20-16(19-13)23-10-11-3-5-12(17)6-4-11/h2-6,9H,1,7-8,10H2,(H,18,21)(H,19,20,22). The van der Waals surface area contributed by atoms with Gasteiger partial charge in [0.15, 0.2) is 5.16 Å². The lowest BCUT2D eigenvalue weighted by molar-refractivity contribution is -0.120. The second-order valence-corrected chi connectivity index (χ2v) is 5.69. The first-order valence-electron chi connectivity index (χ1n) is 6.92. The van der Waals surface area contributed by atoms with Crippen molar-refractivity contribution < 1.29 is 9.18 Å². The Bertz CT molecular complexity index is 744. The average Bonchev–Trinajstić information content (AvgIpc) is 2.52. The lowest BCUT2D eigenvalue weighted by Crippen LogP contribution is -2.26. The van der Waals surface area contributed by atoms with Crippen molar-refractivity contribution in [2.24, 2.45) is 0 Å². The molecule has 1 aromatic carbocycles. The van der Waals surface area contributed by atoms with Crippen molar-refractivity contribution in [3.8, 4) is 0 Å². The van der Waals surface area contributed by atoms with Crippen LogP contribution in [-0.4, -0.2) is 22.4 Å². The number of nitrogens with one attached hydrogen (secondary N) is 2. The second kappa shape index (κ2) is 8.28. The van der Waals surface area contributed by atoms with E-state index >= 15 is 0 Å². The van der Waals surface area contributed by atoms with Crippen LogP contribution in [0.15, 0.2) is 52.9 Å². The highest BCUT2D eigenvalue weighted by molar-refractivity contribution is 7.98. The molecule has 7 heteroatoms. The van der Waals surface area contributed by atoms with E-state index in [9.17, 15) is 14.0 Å². The molecule has 0 bridgehead atoms. The van der Waals surface area contributed by atoms with E-state index in [0.717, 1.165) is 5.56 Å². The van der Waals surface area contributed by atoms with Crippen molar-refractivity contribution in [2.75, 3.05) is 6.54 Å². The van der Waals surface area contributed by atoms with E-state index in [-0.39, 0.29) is 23.7 Å². The van der Waals surface area contributed by atoms with Crippen LogP contribution < -0.4 is 10.9 Å². The summed E-state index contributed by atoms with van der Waals surface area (Å²) in [5.41, 5.74) is 0.998. The van der Waals surface area contributed by atoms with Gasteiger partial charge in [-0.25, -0.2) is 9.37 Å². The summed E-state index contributed by atoms with van der Waals surface area (Å²) >= 11 is 1.32. The van der Waals surface area contributed by atoms with Crippen molar-refractivity contribution in [3.05, 3.63) is 70.4 Å². The average molecular weight is 333 g/mol. The largest absolute Gasteiger partial charge is 0.352 e. The molecular weight excluding hydrogens is 317 g/mol. The van der Waals surface area contributed by atoms with E-state index in [1.807, 2.05) is 0 Å². The molecule has 0 aliphatic rings. The molecule has 2 N–H and O–H groups in total. The van der Waals surface area contributed by atoms with Gasteiger partial charge in [-0.1, -0.05) is 30.0 Å². The minimum absolute atomic E-state index is 0.0296. The highest BCUT2D eigenvalue weighted by Gasteiger charge is 2.07. The van der Waals surface area contributed by atoms with Gasteiger partial charge >= 0.3 is 0 Å². The van der Waals surface area contributed by atoms with E-state index in [0.29, 0.717) is 23.1 Å². The molecule has 0 radical (unpaired) electrons. The summed E-state index contributed by atoms with van der Waals surface area (Å²) in [6.45, 7) is 3.88. The molecule has 0 aliphatic heterocycles. The molecule has 1 amide bonds. The fourth-order valence-electron chi connectivity index (χ4n) is 1.79. The first-order valence-corrected chi connectivity index (χ1v) is 7.90. The zero-order chi connectivity index (χ0) is 16.7. The summed E-state index contributed by atoms with van der Waals surface area (Å²) in [5.74, 6) is 0.0188. The molecule has 2 aromatic rings. The maximum absolute atomic E-state index is 12.9. The molecule has 1 heterocycles. The molecule has 23 heavy (non-hydrogen) atoms. The summed E-state index contributed by atoms with van der Waals surface area (Å²) in [5, 5.41) is 3.06. The molecule has 2 rings (SSSR count). The maximum atomic E-state index is 12.9. The summed E-state index contributed by atoms with van der Waals surface area (Å²) in [6.07, 6.45) is 1.61. The SMILES string of the molecule is C=CCNC(=O)Cc1cc(=O)[nH]c(SCc2ccc(F)cc2)n1. The molecule has 0 saturated heterocycles. The zero-order valence-electron chi connectivity index (χ0n) is 12.3. The van der Waals surface area contributed by atoms with Gasteiger partial charge in [-0.2, -0.15) is 0 Å². The highest BCUT2D eigenvalue weighted by atomic mass is 32.2. The monoisotopic (exact) mass is 333 g/mol. The number of benzene rings is 1. The summed E-state index contributed by atoms with van der Waals surface area (Å²) < 4.78 is 12.9. The Balaban J connectivity index is 2.01. The normalized spacial score (nSPS) is 10.3. The van der Waals surface area contributed by atoms with E-state index < -0.39 is 0 Å². The number of aromatic amines is 1. The van der Waals surface area contributed by atoms with Crippen LogP contribution in [0.1, 0.15) is 11.3 Å². The van der Waals surface area contributed by atoms with Gasteiger partial charge < -0.3 is 10.3 Å². The Hall–Kier alpha value is -2.41. The lowest BCUT2D eigenvalue weighted by atomic mass is 10.2. The van der Waals surface area contributed by atoms with E-state index in [4.69, 9.17) is 0 Å². The number of aromatic nitrogens is 2. The number of nitrogens with zero attached hydrogens (tertiary/aromatic N) is 1. The summed E-state index contributed by atoms with van der Waals surface area (Å²) in [4.78, 5) is 30.2. The minimum atomic E-state index is -0.312. The predicted molar refractivity (Wildman–Crippen MR) is 87.7 cm³/mol. The van der Waals surface area contributed by atoms with E-state index in [1.165, 1.54) is 30.0 Å². The van der Waals surface area contributed by atoms with Crippen LogP contribution in [0.4, 0.5) is 4.39 Å². The van der Waals surface area contributed by atoms with Crippen molar-refractivity contribution in [1.29, 1.82) is 0 Å². The number of hydrogen-bond acceptors (Lipinski definition) is 4. The van der Waals surface area contributed by atoms with Crippen LogP contribution in [0, 0.1) is 5.82 Å². The maximum Gasteiger partial charge on any atom is 0.251 e. The van der Waals surface area contributed by atoms with Crippen molar-refractivity contribution in [2.45, 2.75) is 17.3 Å². The van der Waals surface area contributed by atoms with Gasteiger partial charge in [0.25, 0.3) is 5.56 Å². The van der Waals surface area contributed by atoms with E-state index in [2.05, 4.69) is 21.9 Å². The zero-order valence-corrected chi connectivity index (χ0v) is 13.2. The topological polar surface area (TPSA) is 74.8 Å². The predicted octanol–water partition coefficient (Wildman–Crippen LogP) is 2.05. The molecular formula is C16H16FN3O2S. The Morgan fingerprint density at radius 1 is 1.39 bits per heavy atom. The van der Waals surface area contributed by atoms with Crippen LogP contribution in [0.25, 0.3) is 0 Å².